The standard InChI is InChI=1S/C25H28N2O4S/c1-19-8-7-11-22(14-19)16-26-25(28)18-27(17-21-9-5-4-6-10-21)32(29,30)24-15-20(2)12-13-23(24)31-3/h4-15H,16-18H2,1-3H3,(H,26,28). The lowest BCUT2D eigenvalue weighted by molar-refractivity contribution is -0.121. The number of benzene rings is 3. The molecule has 0 aromatic heterocycles. The average Bonchev–Trinajstić information content (AvgIpc) is 2.78. The molecular formula is C25H28N2O4S. The highest BCUT2D eigenvalue weighted by Crippen LogP contribution is 2.28. The summed E-state index contributed by atoms with van der Waals surface area (Å²) in [7, 11) is -2.57. The molecular weight excluding hydrogens is 424 g/mol. The normalized spacial score (nSPS) is 11.4. The van der Waals surface area contributed by atoms with Crippen LogP contribution in [0.1, 0.15) is 22.3 Å². The van der Waals surface area contributed by atoms with Crippen molar-refractivity contribution >= 4 is 15.9 Å². The van der Waals surface area contributed by atoms with E-state index in [0.717, 1.165) is 22.3 Å². The average molecular weight is 453 g/mol. The van der Waals surface area contributed by atoms with Gasteiger partial charge in [0.25, 0.3) is 0 Å². The summed E-state index contributed by atoms with van der Waals surface area (Å²) in [6.45, 7) is 3.88. The van der Waals surface area contributed by atoms with Gasteiger partial charge in [0.2, 0.25) is 15.9 Å². The molecule has 0 unspecified atom stereocenters. The van der Waals surface area contributed by atoms with Gasteiger partial charge in [-0.25, -0.2) is 8.42 Å². The van der Waals surface area contributed by atoms with Crippen molar-refractivity contribution in [3.05, 3.63) is 95.1 Å². The molecule has 0 aliphatic rings. The van der Waals surface area contributed by atoms with Crippen LogP contribution in [0.2, 0.25) is 0 Å². The predicted molar refractivity (Wildman–Crippen MR) is 125 cm³/mol. The number of hydrogen-bond acceptors (Lipinski definition) is 4. The molecule has 168 valence electrons. The molecule has 3 rings (SSSR count). The SMILES string of the molecule is COc1ccc(C)cc1S(=O)(=O)N(CC(=O)NCc1cccc(C)c1)Cc1ccccc1. The Morgan fingerprint density at radius 3 is 2.28 bits per heavy atom. The Morgan fingerprint density at radius 2 is 1.59 bits per heavy atom. The first-order valence-electron chi connectivity index (χ1n) is 10.3. The van der Waals surface area contributed by atoms with Gasteiger partial charge in [-0.2, -0.15) is 4.31 Å². The van der Waals surface area contributed by atoms with E-state index in [0.29, 0.717) is 6.54 Å². The van der Waals surface area contributed by atoms with Crippen molar-refractivity contribution in [2.24, 2.45) is 0 Å². The molecule has 0 spiro atoms. The van der Waals surface area contributed by atoms with E-state index in [9.17, 15) is 13.2 Å². The van der Waals surface area contributed by atoms with E-state index in [4.69, 9.17) is 4.74 Å². The first-order valence-corrected chi connectivity index (χ1v) is 11.7. The van der Waals surface area contributed by atoms with Gasteiger partial charge < -0.3 is 10.1 Å². The first kappa shape index (κ1) is 23.5. The lowest BCUT2D eigenvalue weighted by Gasteiger charge is -2.23. The van der Waals surface area contributed by atoms with Crippen LogP contribution in [0.15, 0.2) is 77.7 Å². The summed E-state index contributed by atoms with van der Waals surface area (Å²) in [6.07, 6.45) is 0. The van der Waals surface area contributed by atoms with Crippen LogP contribution >= 0.6 is 0 Å². The highest BCUT2D eigenvalue weighted by molar-refractivity contribution is 7.89. The number of nitrogens with zero attached hydrogens (tertiary/aromatic N) is 1. The minimum Gasteiger partial charge on any atom is -0.495 e. The molecule has 6 nitrogen and oxygen atoms in total. The van der Waals surface area contributed by atoms with Gasteiger partial charge >= 0.3 is 0 Å². The second kappa shape index (κ2) is 10.4. The summed E-state index contributed by atoms with van der Waals surface area (Å²) in [5, 5.41) is 2.83. The van der Waals surface area contributed by atoms with Crippen molar-refractivity contribution in [3.8, 4) is 5.75 Å². The Balaban J connectivity index is 1.86. The molecule has 0 saturated carbocycles. The van der Waals surface area contributed by atoms with E-state index < -0.39 is 10.0 Å². The topological polar surface area (TPSA) is 75.7 Å². The van der Waals surface area contributed by atoms with Crippen LogP contribution in [-0.2, 0) is 27.9 Å². The third-order valence-corrected chi connectivity index (χ3v) is 6.84. The van der Waals surface area contributed by atoms with Crippen molar-refractivity contribution in [1.82, 2.24) is 9.62 Å². The highest BCUT2D eigenvalue weighted by atomic mass is 32.2. The molecule has 0 bridgehead atoms. The van der Waals surface area contributed by atoms with E-state index in [1.54, 1.807) is 18.2 Å². The minimum absolute atomic E-state index is 0.0439. The molecule has 0 aliphatic heterocycles. The van der Waals surface area contributed by atoms with Crippen molar-refractivity contribution in [2.75, 3.05) is 13.7 Å². The largest absolute Gasteiger partial charge is 0.495 e. The lowest BCUT2D eigenvalue weighted by Crippen LogP contribution is -2.40. The van der Waals surface area contributed by atoms with Gasteiger partial charge in [0.1, 0.15) is 10.6 Å². The van der Waals surface area contributed by atoms with Crippen LogP contribution in [-0.4, -0.2) is 32.3 Å². The smallest absolute Gasteiger partial charge is 0.247 e. The zero-order valence-electron chi connectivity index (χ0n) is 18.5. The fourth-order valence-corrected chi connectivity index (χ4v) is 5.00. The van der Waals surface area contributed by atoms with Gasteiger partial charge in [0.15, 0.2) is 0 Å². The van der Waals surface area contributed by atoms with Crippen LogP contribution in [0.25, 0.3) is 0 Å². The fraction of sp³-hybridized carbons (Fsp3) is 0.240. The van der Waals surface area contributed by atoms with Crippen LogP contribution in [0.3, 0.4) is 0 Å². The number of aryl methyl sites for hydroxylation is 2. The quantitative estimate of drug-likeness (QED) is 0.536. The summed E-state index contributed by atoms with van der Waals surface area (Å²) >= 11 is 0. The molecule has 3 aromatic carbocycles. The molecule has 0 radical (unpaired) electrons. The van der Waals surface area contributed by atoms with Crippen molar-refractivity contribution < 1.29 is 17.9 Å². The number of methoxy groups -OCH3 is 1. The second-order valence-electron chi connectivity index (χ2n) is 7.68. The number of hydrogen-bond donors (Lipinski definition) is 1. The predicted octanol–water partition coefficient (Wildman–Crippen LogP) is 3.82. The Hall–Kier alpha value is -3.16. The van der Waals surface area contributed by atoms with Crippen molar-refractivity contribution in [3.63, 3.8) is 0 Å². The van der Waals surface area contributed by atoms with E-state index >= 15 is 0 Å². The maximum Gasteiger partial charge on any atom is 0.247 e. The number of carbonyl (C=O) groups is 1. The Labute approximate surface area is 189 Å². The number of amides is 1. The molecule has 0 saturated heterocycles. The van der Waals surface area contributed by atoms with Crippen LogP contribution in [0, 0.1) is 13.8 Å². The summed E-state index contributed by atoms with van der Waals surface area (Å²) < 4.78 is 33.7. The zero-order chi connectivity index (χ0) is 23.1. The van der Waals surface area contributed by atoms with Crippen LogP contribution in [0.5, 0.6) is 5.75 Å². The molecule has 0 heterocycles. The Morgan fingerprint density at radius 1 is 0.906 bits per heavy atom. The fourth-order valence-electron chi connectivity index (χ4n) is 3.38. The summed E-state index contributed by atoms with van der Waals surface area (Å²) in [5.41, 5.74) is 3.62. The highest BCUT2D eigenvalue weighted by Gasteiger charge is 2.30. The third-order valence-electron chi connectivity index (χ3n) is 5.03. The maximum absolute atomic E-state index is 13.6. The van der Waals surface area contributed by atoms with E-state index in [1.807, 2.05) is 68.4 Å². The zero-order valence-corrected chi connectivity index (χ0v) is 19.4. The van der Waals surface area contributed by atoms with E-state index in [2.05, 4.69) is 5.32 Å². The van der Waals surface area contributed by atoms with Crippen molar-refractivity contribution in [2.45, 2.75) is 31.8 Å². The molecule has 7 heteroatoms. The number of rotatable bonds is 9. The van der Waals surface area contributed by atoms with Gasteiger partial charge in [0.05, 0.1) is 13.7 Å². The van der Waals surface area contributed by atoms with E-state index in [1.165, 1.54) is 11.4 Å². The molecule has 1 N–H and O–H groups in total. The summed E-state index contributed by atoms with van der Waals surface area (Å²) in [6, 6.07) is 22.0. The molecule has 0 atom stereocenters. The third kappa shape index (κ3) is 5.96. The van der Waals surface area contributed by atoms with Gasteiger partial charge in [-0.15, -0.1) is 0 Å². The summed E-state index contributed by atoms with van der Waals surface area (Å²) in [4.78, 5) is 12.8. The van der Waals surface area contributed by atoms with Gasteiger partial charge in [-0.05, 0) is 42.7 Å². The number of carbonyl (C=O) groups excluding carboxylic acids is 1. The monoisotopic (exact) mass is 452 g/mol. The molecule has 3 aromatic rings. The number of nitrogens with one attached hydrogen (secondary N) is 1. The molecule has 0 aliphatic carbocycles. The Kier molecular flexibility index (Phi) is 7.66. The summed E-state index contributed by atoms with van der Waals surface area (Å²) in [5.74, 6) is -0.133. The minimum atomic E-state index is -4.00. The van der Waals surface area contributed by atoms with Gasteiger partial charge in [-0.1, -0.05) is 66.2 Å². The number of sulfonamides is 1. The van der Waals surface area contributed by atoms with Gasteiger partial charge in [0, 0.05) is 13.1 Å². The molecule has 32 heavy (non-hydrogen) atoms. The molecule has 1 amide bonds. The first-order chi connectivity index (χ1) is 15.3. The lowest BCUT2D eigenvalue weighted by atomic mass is 10.1. The van der Waals surface area contributed by atoms with E-state index in [-0.39, 0.29) is 29.6 Å². The van der Waals surface area contributed by atoms with Crippen LogP contribution < -0.4 is 10.1 Å². The number of ether oxygens (including phenoxy) is 1. The maximum atomic E-state index is 13.6. The molecule has 0 fully saturated rings. The second-order valence-corrected chi connectivity index (χ2v) is 9.59. The van der Waals surface area contributed by atoms with Crippen LogP contribution in [0.4, 0.5) is 0 Å². The van der Waals surface area contributed by atoms with Gasteiger partial charge in [-0.3, -0.25) is 4.79 Å². The Bertz CT molecular complexity index is 1180. The van der Waals surface area contributed by atoms with Crippen molar-refractivity contribution in [1.29, 1.82) is 0 Å².